The lowest BCUT2D eigenvalue weighted by Gasteiger charge is -2.10. The number of halogens is 1. The molecule has 1 aromatic rings. The third kappa shape index (κ3) is 2.77. The summed E-state index contributed by atoms with van der Waals surface area (Å²) in [5, 5.41) is 11.4. The molecule has 1 amide bonds. The molecule has 17 heavy (non-hydrogen) atoms. The van der Waals surface area contributed by atoms with Crippen LogP contribution < -0.4 is 5.32 Å². The summed E-state index contributed by atoms with van der Waals surface area (Å²) in [5.41, 5.74) is 0.424. The van der Waals surface area contributed by atoms with Gasteiger partial charge >= 0.3 is 0 Å². The van der Waals surface area contributed by atoms with Gasteiger partial charge < -0.3 is 5.32 Å². The molecule has 0 aromatic heterocycles. The predicted molar refractivity (Wildman–Crippen MR) is 65.2 cm³/mol. The molecular formula is C12H11FN2OS. The Kier molecular flexibility index (Phi) is 3.64. The van der Waals surface area contributed by atoms with Crippen molar-refractivity contribution >= 4 is 23.4 Å². The molecule has 0 aliphatic carbocycles. The van der Waals surface area contributed by atoms with Crippen molar-refractivity contribution < 1.29 is 9.18 Å². The molecular weight excluding hydrogens is 239 g/mol. The van der Waals surface area contributed by atoms with Crippen LogP contribution in [0.2, 0.25) is 0 Å². The number of hydrogen-bond acceptors (Lipinski definition) is 3. The minimum absolute atomic E-state index is 0.0237. The average Bonchev–Trinajstić information content (AvgIpc) is 2.85. The second-order valence-electron chi connectivity index (χ2n) is 3.86. The fourth-order valence-corrected chi connectivity index (χ4v) is 2.89. The zero-order valence-electron chi connectivity index (χ0n) is 9.07. The topological polar surface area (TPSA) is 52.9 Å². The van der Waals surface area contributed by atoms with E-state index in [2.05, 4.69) is 5.32 Å². The minimum atomic E-state index is -0.568. The number of carbonyl (C=O) groups excluding carboxylic acids is 1. The smallest absolute Gasteiger partial charge is 0.228 e. The summed E-state index contributed by atoms with van der Waals surface area (Å²) in [6.07, 6.45) is 0.878. The van der Waals surface area contributed by atoms with Crippen LogP contribution in [-0.4, -0.2) is 17.4 Å². The van der Waals surface area contributed by atoms with Gasteiger partial charge in [-0.25, -0.2) is 4.39 Å². The van der Waals surface area contributed by atoms with Crippen LogP contribution in [0, 0.1) is 23.1 Å². The lowest BCUT2D eigenvalue weighted by atomic mass is 10.1. The van der Waals surface area contributed by atoms with Gasteiger partial charge in [-0.2, -0.15) is 17.0 Å². The van der Waals surface area contributed by atoms with Crippen molar-refractivity contribution in [1.82, 2.24) is 0 Å². The molecule has 1 fully saturated rings. The van der Waals surface area contributed by atoms with Gasteiger partial charge in [-0.1, -0.05) is 0 Å². The van der Waals surface area contributed by atoms with E-state index in [4.69, 9.17) is 5.26 Å². The van der Waals surface area contributed by atoms with Crippen LogP contribution in [-0.2, 0) is 4.79 Å². The highest BCUT2D eigenvalue weighted by Crippen LogP contribution is 2.25. The van der Waals surface area contributed by atoms with Gasteiger partial charge in [0.1, 0.15) is 11.9 Å². The summed E-state index contributed by atoms with van der Waals surface area (Å²) < 4.78 is 13.1. The van der Waals surface area contributed by atoms with Gasteiger partial charge in [-0.05, 0) is 30.4 Å². The molecule has 1 aromatic carbocycles. The van der Waals surface area contributed by atoms with E-state index >= 15 is 0 Å². The molecule has 1 unspecified atom stereocenters. The lowest BCUT2D eigenvalue weighted by molar-refractivity contribution is -0.119. The number of hydrogen-bond donors (Lipinski definition) is 1. The predicted octanol–water partition coefficient (Wildman–Crippen LogP) is 2.39. The van der Waals surface area contributed by atoms with Crippen LogP contribution in [0.1, 0.15) is 12.0 Å². The Hall–Kier alpha value is -1.54. The highest BCUT2D eigenvalue weighted by Gasteiger charge is 2.23. The van der Waals surface area contributed by atoms with Gasteiger partial charge in [0, 0.05) is 17.4 Å². The Labute approximate surface area is 103 Å². The highest BCUT2D eigenvalue weighted by molar-refractivity contribution is 7.99. The Morgan fingerprint density at radius 2 is 2.41 bits per heavy atom. The molecule has 88 valence electrons. The molecule has 1 aliphatic rings. The van der Waals surface area contributed by atoms with Crippen LogP contribution in [0.3, 0.4) is 0 Å². The molecule has 1 aliphatic heterocycles. The first-order valence-electron chi connectivity index (χ1n) is 5.29. The fraction of sp³-hybridized carbons (Fsp3) is 0.333. The molecule has 0 saturated carbocycles. The summed E-state index contributed by atoms with van der Waals surface area (Å²) in [6, 6.07) is 5.76. The molecule has 3 nitrogen and oxygen atoms in total. The van der Waals surface area contributed by atoms with Crippen LogP contribution >= 0.6 is 11.8 Å². The maximum atomic E-state index is 13.1. The van der Waals surface area contributed by atoms with Crippen molar-refractivity contribution in [3.63, 3.8) is 0 Å². The number of thioether (sulfide) groups is 1. The summed E-state index contributed by atoms with van der Waals surface area (Å²) in [6.45, 7) is 0. The van der Waals surface area contributed by atoms with E-state index in [1.807, 2.05) is 0 Å². The summed E-state index contributed by atoms with van der Waals surface area (Å²) >= 11 is 1.76. The van der Waals surface area contributed by atoms with Gasteiger partial charge in [0.2, 0.25) is 5.91 Å². The Bertz CT molecular complexity index is 478. The second-order valence-corrected chi connectivity index (χ2v) is 5.01. The Balaban J connectivity index is 2.08. The van der Waals surface area contributed by atoms with E-state index in [-0.39, 0.29) is 17.4 Å². The fourth-order valence-electron chi connectivity index (χ4n) is 1.67. The number of nitrogens with one attached hydrogen (secondary N) is 1. The minimum Gasteiger partial charge on any atom is -0.326 e. The van der Waals surface area contributed by atoms with Crippen molar-refractivity contribution in [2.45, 2.75) is 6.42 Å². The summed E-state index contributed by atoms with van der Waals surface area (Å²) in [5.74, 6) is 1.24. The van der Waals surface area contributed by atoms with E-state index in [0.29, 0.717) is 5.69 Å². The largest absolute Gasteiger partial charge is 0.326 e. The monoisotopic (exact) mass is 250 g/mol. The van der Waals surface area contributed by atoms with Crippen molar-refractivity contribution in [3.05, 3.63) is 29.6 Å². The average molecular weight is 250 g/mol. The SMILES string of the molecule is N#Cc1cc(NC(=O)C2CCSC2)ccc1F. The number of rotatable bonds is 2. The third-order valence-corrected chi connectivity index (χ3v) is 3.82. The number of nitriles is 1. The zero-order chi connectivity index (χ0) is 12.3. The summed E-state index contributed by atoms with van der Waals surface area (Å²) in [4.78, 5) is 11.8. The zero-order valence-corrected chi connectivity index (χ0v) is 9.89. The molecule has 0 radical (unpaired) electrons. The first kappa shape index (κ1) is 11.9. The van der Waals surface area contributed by atoms with Crippen LogP contribution in [0.25, 0.3) is 0 Å². The maximum Gasteiger partial charge on any atom is 0.228 e. The van der Waals surface area contributed by atoms with Crippen LogP contribution in [0.15, 0.2) is 18.2 Å². The van der Waals surface area contributed by atoms with E-state index in [0.717, 1.165) is 17.9 Å². The number of benzene rings is 1. The van der Waals surface area contributed by atoms with Gasteiger partial charge in [-0.3, -0.25) is 4.79 Å². The number of amides is 1. The van der Waals surface area contributed by atoms with Gasteiger partial charge in [0.15, 0.2) is 0 Å². The number of anilines is 1. The van der Waals surface area contributed by atoms with Crippen LogP contribution in [0.4, 0.5) is 10.1 Å². The molecule has 1 heterocycles. The van der Waals surface area contributed by atoms with Crippen molar-refractivity contribution in [2.75, 3.05) is 16.8 Å². The molecule has 2 rings (SSSR count). The van der Waals surface area contributed by atoms with E-state index in [1.54, 1.807) is 17.8 Å². The van der Waals surface area contributed by atoms with E-state index < -0.39 is 5.82 Å². The molecule has 0 bridgehead atoms. The lowest BCUT2D eigenvalue weighted by Crippen LogP contribution is -2.22. The molecule has 1 saturated heterocycles. The van der Waals surface area contributed by atoms with E-state index in [1.165, 1.54) is 18.2 Å². The standard InChI is InChI=1S/C12H11FN2OS/c13-11-2-1-10(5-9(11)6-14)15-12(16)8-3-4-17-7-8/h1-2,5,8H,3-4,7H2,(H,15,16). The number of carbonyl (C=O) groups is 1. The number of nitrogens with zero attached hydrogens (tertiary/aromatic N) is 1. The molecule has 1 atom stereocenters. The Morgan fingerprint density at radius 3 is 3.06 bits per heavy atom. The van der Waals surface area contributed by atoms with Crippen molar-refractivity contribution in [3.8, 4) is 6.07 Å². The first-order valence-corrected chi connectivity index (χ1v) is 6.44. The Morgan fingerprint density at radius 1 is 1.59 bits per heavy atom. The van der Waals surface area contributed by atoms with E-state index in [9.17, 15) is 9.18 Å². The normalized spacial score (nSPS) is 18.7. The first-order chi connectivity index (χ1) is 8.20. The highest BCUT2D eigenvalue weighted by atomic mass is 32.2. The summed E-state index contributed by atoms with van der Waals surface area (Å²) in [7, 11) is 0. The van der Waals surface area contributed by atoms with Crippen molar-refractivity contribution in [1.29, 1.82) is 5.26 Å². The third-order valence-electron chi connectivity index (χ3n) is 2.65. The molecule has 5 heteroatoms. The van der Waals surface area contributed by atoms with Gasteiger partial charge in [-0.15, -0.1) is 0 Å². The van der Waals surface area contributed by atoms with Crippen LogP contribution in [0.5, 0.6) is 0 Å². The van der Waals surface area contributed by atoms with Gasteiger partial charge in [0.05, 0.1) is 5.56 Å². The molecule has 1 N–H and O–H groups in total. The maximum absolute atomic E-state index is 13.1. The van der Waals surface area contributed by atoms with Crippen molar-refractivity contribution in [2.24, 2.45) is 5.92 Å². The molecule has 0 spiro atoms. The quantitative estimate of drug-likeness (QED) is 0.876. The second kappa shape index (κ2) is 5.19. The van der Waals surface area contributed by atoms with Gasteiger partial charge in [0.25, 0.3) is 0 Å².